The second-order valence-electron chi connectivity index (χ2n) is 5.01. The van der Waals surface area contributed by atoms with E-state index in [9.17, 15) is 10.1 Å². The Kier molecular flexibility index (Phi) is 4.59. The second-order valence-corrected chi connectivity index (χ2v) is 5.41. The monoisotopic (exact) mass is 337 g/mol. The molecular formula is C18H12ClN3O2. The van der Waals surface area contributed by atoms with Crippen LogP contribution >= 0.6 is 11.6 Å². The van der Waals surface area contributed by atoms with Crippen molar-refractivity contribution in [2.75, 3.05) is 0 Å². The number of hydrogen-bond donors (Lipinski definition) is 1. The van der Waals surface area contributed by atoms with Gasteiger partial charge in [-0.1, -0.05) is 41.9 Å². The minimum Gasteiger partial charge on any atom is -0.487 e. The highest BCUT2D eigenvalue weighted by atomic mass is 35.5. The van der Waals surface area contributed by atoms with Gasteiger partial charge in [-0.3, -0.25) is 4.79 Å². The van der Waals surface area contributed by atoms with Crippen LogP contribution in [0.2, 0.25) is 5.02 Å². The Hall–Kier alpha value is -3.10. The number of benzene rings is 2. The van der Waals surface area contributed by atoms with E-state index in [1.807, 2.05) is 30.3 Å². The van der Waals surface area contributed by atoms with Gasteiger partial charge >= 0.3 is 0 Å². The highest BCUT2D eigenvalue weighted by molar-refractivity contribution is 6.32. The van der Waals surface area contributed by atoms with Crippen molar-refractivity contribution in [1.82, 2.24) is 10.2 Å². The van der Waals surface area contributed by atoms with Gasteiger partial charge in [-0.15, -0.1) is 0 Å². The van der Waals surface area contributed by atoms with Crippen LogP contribution in [0.3, 0.4) is 0 Å². The summed E-state index contributed by atoms with van der Waals surface area (Å²) >= 11 is 6.13. The number of nitrogens with one attached hydrogen (secondary N) is 1. The Morgan fingerprint density at radius 3 is 2.62 bits per heavy atom. The topological polar surface area (TPSA) is 78.8 Å². The molecule has 0 radical (unpaired) electrons. The summed E-state index contributed by atoms with van der Waals surface area (Å²) in [6.45, 7) is 0.166. The van der Waals surface area contributed by atoms with Crippen LogP contribution < -0.4 is 10.3 Å². The highest BCUT2D eigenvalue weighted by Gasteiger charge is 2.12. The molecule has 0 saturated heterocycles. The lowest BCUT2D eigenvalue weighted by Crippen LogP contribution is -2.09. The summed E-state index contributed by atoms with van der Waals surface area (Å²) in [5, 5.41) is 15.8. The smallest absolute Gasteiger partial charge is 0.264 e. The van der Waals surface area contributed by atoms with E-state index in [-0.39, 0.29) is 12.2 Å². The van der Waals surface area contributed by atoms with E-state index in [1.165, 1.54) is 6.07 Å². The summed E-state index contributed by atoms with van der Waals surface area (Å²) in [7, 11) is 0. The molecule has 118 valence electrons. The van der Waals surface area contributed by atoms with Crippen molar-refractivity contribution in [3.8, 4) is 22.9 Å². The highest BCUT2D eigenvalue weighted by Crippen LogP contribution is 2.35. The predicted octanol–water partition coefficient (Wildman–Crippen LogP) is 3.54. The molecule has 0 atom stereocenters. The zero-order chi connectivity index (χ0) is 16.9. The first-order valence-corrected chi connectivity index (χ1v) is 7.51. The van der Waals surface area contributed by atoms with E-state index >= 15 is 0 Å². The van der Waals surface area contributed by atoms with Crippen LogP contribution in [-0.4, -0.2) is 10.2 Å². The third-order valence-corrected chi connectivity index (χ3v) is 3.70. The number of aromatic amines is 1. The first-order chi connectivity index (χ1) is 11.7. The molecular weight excluding hydrogens is 326 g/mol. The molecule has 0 aliphatic carbocycles. The van der Waals surface area contributed by atoms with Crippen LogP contribution in [0, 0.1) is 11.3 Å². The van der Waals surface area contributed by atoms with Gasteiger partial charge in [-0.2, -0.15) is 10.4 Å². The first kappa shape index (κ1) is 15.8. The molecule has 1 aromatic heterocycles. The molecule has 0 aliphatic rings. The average Bonchev–Trinajstić information content (AvgIpc) is 2.62. The van der Waals surface area contributed by atoms with Crippen molar-refractivity contribution in [3.63, 3.8) is 0 Å². The fourth-order valence-electron chi connectivity index (χ4n) is 2.21. The summed E-state index contributed by atoms with van der Waals surface area (Å²) in [4.78, 5) is 11.0. The number of nitrogens with zero attached hydrogens (tertiary/aromatic N) is 2. The standard InChI is InChI=1S/C18H12ClN3O2/c19-16-9-17(24-11-14-6-7-18(23)22-21-14)15(8-13(16)10-20)12-4-2-1-3-5-12/h1-9H,11H2,(H,22,23). The van der Waals surface area contributed by atoms with Crippen LogP contribution in [0.1, 0.15) is 11.3 Å². The predicted molar refractivity (Wildman–Crippen MR) is 90.8 cm³/mol. The first-order valence-electron chi connectivity index (χ1n) is 7.14. The maximum absolute atomic E-state index is 11.0. The summed E-state index contributed by atoms with van der Waals surface area (Å²) < 4.78 is 5.82. The van der Waals surface area contributed by atoms with Gasteiger partial charge in [-0.25, -0.2) is 5.10 Å². The van der Waals surface area contributed by atoms with Crippen LogP contribution in [0.5, 0.6) is 5.75 Å². The molecule has 24 heavy (non-hydrogen) atoms. The summed E-state index contributed by atoms with van der Waals surface area (Å²) in [5.74, 6) is 0.540. The summed E-state index contributed by atoms with van der Waals surface area (Å²) in [6, 6.07) is 17.9. The Morgan fingerprint density at radius 1 is 1.17 bits per heavy atom. The van der Waals surface area contributed by atoms with Gasteiger partial charge in [0.2, 0.25) is 0 Å². The van der Waals surface area contributed by atoms with Crippen LogP contribution in [0.15, 0.2) is 59.4 Å². The number of ether oxygens (including phenoxy) is 1. The summed E-state index contributed by atoms with van der Waals surface area (Å²) in [6.07, 6.45) is 0. The SMILES string of the molecule is N#Cc1cc(-c2ccccc2)c(OCc2ccc(=O)[nH]n2)cc1Cl. The van der Waals surface area contributed by atoms with E-state index in [0.29, 0.717) is 22.0 Å². The average molecular weight is 338 g/mol. The fraction of sp³-hybridized carbons (Fsp3) is 0.0556. The van der Waals surface area contributed by atoms with Gasteiger partial charge in [-0.05, 0) is 17.7 Å². The number of hydrogen-bond acceptors (Lipinski definition) is 4. The third-order valence-electron chi connectivity index (χ3n) is 3.39. The number of aromatic nitrogens is 2. The molecule has 0 amide bonds. The Morgan fingerprint density at radius 2 is 1.96 bits per heavy atom. The van der Waals surface area contributed by atoms with E-state index in [1.54, 1.807) is 18.2 Å². The molecule has 0 fully saturated rings. The largest absolute Gasteiger partial charge is 0.487 e. The van der Waals surface area contributed by atoms with Gasteiger partial charge in [0, 0.05) is 17.7 Å². The number of rotatable bonds is 4. The normalized spacial score (nSPS) is 10.2. The zero-order valence-corrected chi connectivity index (χ0v) is 13.2. The van der Waals surface area contributed by atoms with Crippen molar-refractivity contribution < 1.29 is 4.74 Å². The molecule has 1 heterocycles. The minimum absolute atomic E-state index is 0.166. The van der Waals surface area contributed by atoms with Crippen molar-refractivity contribution in [3.05, 3.63) is 81.2 Å². The molecule has 3 aromatic rings. The molecule has 0 unspecified atom stereocenters. The minimum atomic E-state index is -0.273. The summed E-state index contributed by atoms with van der Waals surface area (Å²) in [5.41, 5.74) is 2.36. The molecule has 0 spiro atoms. The number of halogens is 1. The molecule has 1 N–H and O–H groups in total. The van der Waals surface area contributed by atoms with E-state index < -0.39 is 0 Å². The van der Waals surface area contributed by atoms with Crippen molar-refractivity contribution in [1.29, 1.82) is 5.26 Å². The maximum Gasteiger partial charge on any atom is 0.264 e. The molecule has 5 nitrogen and oxygen atoms in total. The van der Waals surface area contributed by atoms with Crippen molar-refractivity contribution >= 4 is 11.6 Å². The molecule has 0 saturated carbocycles. The Labute approximate surface area is 143 Å². The van der Waals surface area contributed by atoms with Gasteiger partial charge in [0.1, 0.15) is 18.4 Å². The lowest BCUT2D eigenvalue weighted by Gasteiger charge is -2.13. The molecule has 0 bridgehead atoms. The van der Waals surface area contributed by atoms with Crippen molar-refractivity contribution in [2.24, 2.45) is 0 Å². The number of H-pyrrole nitrogens is 1. The lowest BCUT2D eigenvalue weighted by molar-refractivity contribution is 0.301. The Bertz CT molecular complexity index is 942. The third kappa shape index (κ3) is 3.45. The maximum atomic E-state index is 11.0. The van der Waals surface area contributed by atoms with Crippen molar-refractivity contribution in [2.45, 2.75) is 6.61 Å². The van der Waals surface area contributed by atoms with E-state index in [4.69, 9.17) is 16.3 Å². The molecule has 0 aliphatic heterocycles. The molecule has 3 rings (SSSR count). The van der Waals surface area contributed by atoms with Crippen LogP contribution in [0.25, 0.3) is 11.1 Å². The number of nitriles is 1. The van der Waals surface area contributed by atoms with Gasteiger partial charge in [0.05, 0.1) is 16.3 Å². The van der Waals surface area contributed by atoms with E-state index in [2.05, 4.69) is 16.3 Å². The van der Waals surface area contributed by atoms with Gasteiger partial charge in [0.25, 0.3) is 5.56 Å². The zero-order valence-electron chi connectivity index (χ0n) is 12.5. The second kappa shape index (κ2) is 6.99. The Balaban J connectivity index is 1.96. The molecule has 2 aromatic carbocycles. The lowest BCUT2D eigenvalue weighted by atomic mass is 10.0. The van der Waals surface area contributed by atoms with Gasteiger partial charge in [0.15, 0.2) is 0 Å². The quantitative estimate of drug-likeness (QED) is 0.789. The van der Waals surface area contributed by atoms with Crippen LogP contribution in [-0.2, 0) is 6.61 Å². The van der Waals surface area contributed by atoms with Crippen LogP contribution in [0.4, 0.5) is 0 Å². The van der Waals surface area contributed by atoms with Gasteiger partial charge < -0.3 is 4.74 Å². The van der Waals surface area contributed by atoms with E-state index in [0.717, 1.165) is 11.1 Å². The fourth-order valence-corrected chi connectivity index (χ4v) is 2.40. The molecule has 6 heteroatoms.